The third kappa shape index (κ3) is 3.90. The van der Waals surface area contributed by atoms with Gasteiger partial charge in [0, 0.05) is 0 Å². The minimum absolute atomic E-state index is 0.204. The van der Waals surface area contributed by atoms with Crippen molar-refractivity contribution in [2.75, 3.05) is 0 Å². The molecule has 0 saturated heterocycles. The lowest BCUT2D eigenvalue weighted by molar-refractivity contribution is -0.255. The summed E-state index contributed by atoms with van der Waals surface area (Å²) in [6, 6.07) is 0. The number of halogens is 3. The molecule has 178 valence electrons. The van der Waals surface area contributed by atoms with Gasteiger partial charge in [0.25, 0.3) is 0 Å². The summed E-state index contributed by atoms with van der Waals surface area (Å²) in [6.45, 7) is 7.71. The fraction of sp³-hybridized carbons (Fsp3) is 0.923. The summed E-state index contributed by atoms with van der Waals surface area (Å²) in [7, 11) is 0. The van der Waals surface area contributed by atoms with Crippen LogP contribution in [0.3, 0.4) is 0 Å². The predicted octanol–water partition coefficient (Wildman–Crippen LogP) is 6.80. The molecular weight excluding hydrogens is 401 g/mol. The molecule has 0 heterocycles. The maximum absolute atomic E-state index is 13.0. The van der Waals surface area contributed by atoms with Crippen LogP contribution in [0.15, 0.2) is 11.6 Å². The Balaban J connectivity index is 1.45. The minimum atomic E-state index is -4.56. The van der Waals surface area contributed by atoms with Crippen molar-refractivity contribution in [2.45, 2.75) is 116 Å². The molecule has 0 aromatic heterocycles. The molecule has 3 saturated carbocycles. The quantitative estimate of drug-likeness (QED) is 0.470. The first-order chi connectivity index (χ1) is 14.2. The molecule has 0 bridgehead atoms. The molecule has 0 aromatic carbocycles. The van der Waals surface area contributed by atoms with Gasteiger partial charge < -0.3 is 10.2 Å². The third-order valence-corrected chi connectivity index (χ3v) is 10.4. The smallest absolute Gasteiger partial charge is 0.390 e. The van der Waals surface area contributed by atoms with Gasteiger partial charge in [0.05, 0.1) is 5.60 Å². The second kappa shape index (κ2) is 7.48. The van der Waals surface area contributed by atoms with Gasteiger partial charge in [-0.3, -0.25) is 0 Å². The Kier molecular flexibility index (Phi) is 5.70. The fourth-order valence-corrected chi connectivity index (χ4v) is 8.22. The highest BCUT2D eigenvalue weighted by molar-refractivity contribution is 5.26. The van der Waals surface area contributed by atoms with Crippen molar-refractivity contribution in [2.24, 2.45) is 34.5 Å². The van der Waals surface area contributed by atoms with E-state index in [0.717, 1.165) is 45.4 Å². The zero-order valence-corrected chi connectivity index (χ0v) is 19.7. The van der Waals surface area contributed by atoms with Crippen LogP contribution in [0.5, 0.6) is 0 Å². The molecule has 31 heavy (non-hydrogen) atoms. The Hall–Kier alpha value is -0.550. The first-order valence-corrected chi connectivity index (χ1v) is 12.4. The largest absolute Gasteiger partial charge is 0.416 e. The van der Waals surface area contributed by atoms with Crippen molar-refractivity contribution in [3.05, 3.63) is 11.6 Å². The van der Waals surface area contributed by atoms with Crippen LogP contribution in [0.1, 0.15) is 98.3 Å². The molecular formula is C26H41F3O2. The normalized spacial score (nSPS) is 47.1. The van der Waals surface area contributed by atoms with Gasteiger partial charge in [-0.05, 0) is 119 Å². The molecule has 4 aliphatic carbocycles. The molecule has 3 fully saturated rings. The van der Waals surface area contributed by atoms with Crippen molar-refractivity contribution in [1.82, 2.24) is 0 Å². The number of hydrogen-bond donors (Lipinski definition) is 2. The van der Waals surface area contributed by atoms with Crippen LogP contribution in [0.2, 0.25) is 0 Å². The van der Waals surface area contributed by atoms with E-state index in [9.17, 15) is 23.4 Å². The van der Waals surface area contributed by atoms with Crippen LogP contribution in [-0.4, -0.2) is 27.6 Å². The van der Waals surface area contributed by atoms with E-state index in [4.69, 9.17) is 0 Å². The van der Waals surface area contributed by atoms with E-state index in [1.807, 2.05) is 6.92 Å². The summed E-state index contributed by atoms with van der Waals surface area (Å²) in [5.41, 5.74) is -1.26. The molecule has 0 spiro atoms. The topological polar surface area (TPSA) is 40.5 Å². The van der Waals surface area contributed by atoms with Gasteiger partial charge in [-0.2, -0.15) is 13.2 Å². The maximum Gasteiger partial charge on any atom is 0.416 e. The van der Waals surface area contributed by atoms with E-state index in [1.54, 1.807) is 0 Å². The standard InChI is InChI=1S/C26H41F3O2/c1-22(30)14-15-24(3)18(16-22)7-9-19-20-10-8-17(23(20,2)13-11-21(19)24)6-5-12-25(4,31)26(27,28)29/h7,17,19-21,30-31H,5-6,8-16H2,1-4H3/t17-,19-,20-,21-,22-,23+,24-,25+/m0/s1. The van der Waals surface area contributed by atoms with Crippen LogP contribution in [0.25, 0.3) is 0 Å². The Morgan fingerprint density at radius 1 is 1.03 bits per heavy atom. The molecule has 0 aromatic rings. The molecule has 2 N–H and O–H groups in total. The summed E-state index contributed by atoms with van der Waals surface area (Å²) in [4.78, 5) is 0. The molecule has 2 nitrogen and oxygen atoms in total. The van der Waals surface area contributed by atoms with Gasteiger partial charge in [-0.15, -0.1) is 0 Å². The van der Waals surface area contributed by atoms with E-state index in [0.29, 0.717) is 30.1 Å². The van der Waals surface area contributed by atoms with Gasteiger partial charge in [0.15, 0.2) is 5.60 Å². The van der Waals surface area contributed by atoms with E-state index < -0.39 is 17.4 Å². The van der Waals surface area contributed by atoms with Crippen LogP contribution in [-0.2, 0) is 0 Å². The number of rotatable bonds is 4. The second-order valence-corrected chi connectivity index (χ2v) is 12.4. The van der Waals surface area contributed by atoms with Crippen LogP contribution in [0.4, 0.5) is 13.2 Å². The third-order valence-electron chi connectivity index (χ3n) is 10.4. The molecule has 8 atom stereocenters. The van der Waals surface area contributed by atoms with Crippen LogP contribution in [0, 0.1) is 34.5 Å². The summed E-state index contributed by atoms with van der Waals surface area (Å²) < 4.78 is 39.0. The Morgan fingerprint density at radius 3 is 2.42 bits per heavy atom. The predicted molar refractivity (Wildman–Crippen MR) is 116 cm³/mol. The van der Waals surface area contributed by atoms with Gasteiger partial charge >= 0.3 is 6.18 Å². The minimum Gasteiger partial charge on any atom is -0.390 e. The average molecular weight is 443 g/mol. The molecule has 0 amide bonds. The maximum atomic E-state index is 13.0. The van der Waals surface area contributed by atoms with E-state index in [1.165, 1.54) is 24.8 Å². The summed E-state index contributed by atoms with van der Waals surface area (Å²) >= 11 is 0. The van der Waals surface area contributed by atoms with Crippen molar-refractivity contribution in [1.29, 1.82) is 0 Å². The number of allylic oxidation sites excluding steroid dienone is 1. The first-order valence-electron chi connectivity index (χ1n) is 12.4. The van der Waals surface area contributed by atoms with Crippen molar-refractivity contribution >= 4 is 0 Å². The number of hydrogen-bond acceptors (Lipinski definition) is 2. The molecule has 4 rings (SSSR count). The monoisotopic (exact) mass is 442 g/mol. The Labute approximate surface area is 185 Å². The van der Waals surface area contributed by atoms with Crippen molar-refractivity contribution in [3.8, 4) is 0 Å². The zero-order valence-electron chi connectivity index (χ0n) is 19.7. The van der Waals surface area contributed by atoms with Crippen LogP contribution >= 0.6 is 0 Å². The fourth-order valence-electron chi connectivity index (χ4n) is 8.22. The first kappa shape index (κ1) is 23.6. The summed E-state index contributed by atoms with van der Waals surface area (Å²) in [5, 5.41) is 20.4. The zero-order chi connectivity index (χ0) is 22.9. The number of aliphatic hydroxyl groups is 2. The van der Waals surface area contributed by atoms with Crippen LogP contribution < -0.4 is 0 Å². The highest BCUT2D eigenvalue weighted by atomic mass is 19.4. The van der Waals surface area contributed by atoms with E-state index >= 15 is 0 Å². The lowest BCUT2D eigenvalue weighted by atomic mass is 9.46. The second-order valence-electron chi connectivity index (χ2n) is 12.4. The van der Waals surface area contributed by atoms with Crippen molar-refractivity contribution in [3.63, 3.8) is 0 Å². The SMILES string of the molecule is C[C@]1(O)CC[C@@]2(C)C(=CC[C@H]3[C@@H]4CC[C@H](CCC[C@@](C)(O)C(F)(F)F)[C@@]4(C)CC[C@@H]32)C1. The summed E-state index contributed by atoms with van der Waals surface area (Å²) in [6.07, 6.45) is 7.40. The van der Waals surface area contributed by atoms with Gasteiger partial charge in [0.1, 0.15) is 0 Å². The van der Waals surface area contributed by atoms with E-state index in [2.05, 4.69) is 19.9 Å². The molecule has 4 aliphatic rings. The lowest BCUT2D eigenvalue weighted by Crippen LogP contribution is -2.51. The molecule has 5 heteroatoms. The molecule has 0 radical (unpaired) electrons. The van der Waals surface area contributed by atoms with Gasteiger partial charge in [-0.25, -0.2) is 0 Å². The van der Waals surface area contributed by atoms with Gasteiger partial charge in [0.2, 0.25) is 0 Å². The Bertz CT molecular complexity index is 725. The molecule has 0 aliphatic heterocycles. The highest BCUT2D eigenvalue weighted by Gasteiger charge is 2.59. The summed E-state index contributed by atoms with van der Waals surface area (Å²) in [5.74, 6) is 2.45. The number of fused-ring (bicyclic) bond motifs is 5. The molecule has 0 unspecified atom stereocenters. The average Bonchev–Trinajstić information content (AvgIpc) is 2.98. The van der Waals surface area contributed by atoms with E-state index in [-0.39, 0.29) is 17.3 Å². The lowest BCUT2D eigenvalue weighted by Gasteiger charge is -2.59. The van der Waals surface area contributed by atoms with Crippen molar-refractivity contribution < 1.29 is 23.4 Å². The van der Waals surface area contributed by atoms with Gasteiger partial charge in [-0.1, -0.05) is 25.5 Å². The Morgan fingerprint density at radius 2 is 1.74 bits per heavy atom. The number of alkyl halides is 3. The highest BCUT2D eigenvalue weighted by Crippen LogP contribution is 2.67.